The summed E-state index contributed by atoms with van der Waals surface area (Å²) in [5.41, 5.74) is 3.32. The average Bonchev–Trinajstić information content (AvgIpc) is 3.59. The Hall–Kier alpha value is -2.75. The lowest BCUT2D eigenvalue weighted by Crippen LogP contribution is -2.39. The van der Waals surface area contributed by atoms with E-state index in [4.69, 9.17) is 14.7 Å². The predicted octanol–water partition coefficient (Wildman–Crippen LogP) is 5.28. The Balaban J connectivity index is 1.29. The summed E-state index contributed by atoms with van der Waals surface area (Å²) >= 11 is 0. The van der Waals surface area contributed by atoms with Crippen molar-refractivity contribution in [3.63, 3.8) is 0 Å². The van der Waals surface area contributed by atoms with Crippen molar-refractivity contribution >= 4 is 17.0 Å². The summed E-state index contributed by atoms with van der Waals surface area (Å²) < 4.78 is 47.8. The van der Waals surface area contributed by atoms with Gasteiger partial charge in [0.2, 0.25) is 5.95 Å². The number of anilines is 1. The van der Waals surface area contributed by atoms with Crippen LogP contribution in [0.4, 0.5) is 19.1 Å². The molecular weight excluding hydrogens is 457 g/mol. The number of nitrogens with zero attached hydrogens (tertiary/aromatic N) is 6. The number of morpholine rings is 1. The molecule has 0 amide bonds. The number of fused-ring (bicyclic) bond motifs is 1. The van der Waals surface area contributed by atoms with Crippen LogP contribution in [0.1, 0.15) is 73.5 Å². The van der Waals surface area contributed by atoms with Gasteiger partial charge in [0.15, 0.2) is 5.65 Å². The highest BCUT2D eigenvalue weighted by atomic mass is 19.4. The number of aromatic nitrogens is 5. The normalized spacial score (nSPS) is 25.8. The molecule has 6 rings (SSSR count). The Bertz CT molecular complexity index is 1220. The van der Waals surface area contributed by atoms with Gasteiger partial charge in [-0.05, 0) is 57.6 Å². The summed E-state index contributed by atoms with van der Waals surface area (Å²) in [5, 5.41) is 5.34. The van der Waals surface area contributed by atoms with Crippen LogP contribution in [0, 0.1) is 12.8 Å². The Morgan fingerprint density at radius 2 is 1.80 bits per heavy atom. The molecule has 3 aliphatic rings. The zero-order chi connectivity index (χ0) is 24.2. The Kier molecular flexibility index (Phi) is 5.66. The molecule has 2 saturated carbocycles. The molecule has 10 heteroatoms. The molecule has 1 aliphatic heterocycles. The monoisotopic (exact) mass is 486 g/mol. The fraction of sp³-hybridized carbons (Fsp3) is 0.600. The first-order chi connectivity index (χ1) is 16.8. The fourth-order valence-electron chi connectivity index (χ4n) is 5.35. The number of rotatable bonds is 4. The minimum Gasteiger partial charge on any atom is -0.370 e. The van der Waals surface area contributed by atoms with Crippen molar-refractivity contribution < 1.29 is 17.9 Å². The third-order valence-electron chi connectivity index (χ3n) is 7.56. The van der Waals surface area contributed by atoms with Crippen LogP contribution in [0.2, 0.25) is 0 Å². The van der Waals surface area contributed by atoms with Gasteiger partial charge in [-0.3, -0.25) is 4.68 Å². The number of ether oxygens (including phenoxy) is 1. The predicted molar refractivity (Wildman–Crippen MR) is 124 cm³/mol. The van der Waals surface area contributed by atoms with E-state index < -0.39 is 12.1 Å². The Labute approximate surface area is 201 Å². The average molecular weight is 487 g/mol. The number of hydrogen-bond donors (Lipinski definition) is 0. The van der Waals surface area contributed by atoms with Gasteiger partial charge in [-0.2, -0.15) is 23.3 Å². The highest BCUT2D eigenvalue weighted by molar-refractivity contribution is 5.79. The second-order valence-corrected chi connectivity index (χ2v) is 10.1. The molecule has 0 unspecified atom stereocenters. The molecule has 0 aromatic carbocycles. The van der Waals surface area contributed by atoms with E-state index in [9.17, 15) is 13.2 Å². The summed E-state index contributed by atoms with van der Waals surface area (Å²) in [6.45, 7) is 3.68. The van der Waals surface area contributed by atoms with Crippen LogP contribution in [0.3, 0.4) is 0 Å². The second-order valence-electron chi connectivity index (χ2n) is 10.1. The van der Waals surface area contributed by atoms with Crippen LogP contribution in [-0.2, 0) is 4.74 Å². The van der Waals surface area contributed by atoms with E-state index in [-0.39, 0.29) is 24.9 Å². The summed E-state index contributed by atoms with van der Waals surface area (Å²) in [7, 11) is 0. The first-order valence-corrected chi connectivity index (χ1v) is 12.5. The van der Waals surface area contributed by atoms with E-state index >= 15 is 0 Å². The first kappa shape index (κ1) is 22.7. The third-order valence-corrected chi connectivity index (χ3v) is 7.56. The van der Waals surface area contributed by atoms with Crippen LogP contribution in [0.5, 0.6) is 0 Å². The molecule has 0 bridgehead atoms. The van der Waals surface area contributed by atoms with Crippen molar-refractivity contribution in [1.29, 1.82) is 0 Å². The zero-order valence-electron chi connectivity index (χ0n) is 19.7. The number of pyridine rings is 1. The summed E-state index contributed by atoms with van der Waals surface area (Å²) in [5.74, 6) is -0.675. The highest BCUT2D eigenvalue weighted by Gasteiger charge is 2.42. The smallest absolute Gasteiger partial charge is 0.370 e. The van der Waals surface area contributed by atoms with Crippen LogP contribution in [0.25, 0.3) is 11.0 Å². The lowest BCUT2D eigenvalue weighted by atomic mass is 9.79. The molecule has 1 saturated heterocycles. The van der Waals surface area contributed by atoms with Crippen molar-refractivity contribution in [2.75, 3.05) is 24.6 Å². The zero-order valence-corrected chi connectivity index (χ0v) is 19.7. The number of hydrogen-bond acceptors (Lipinski definition) is 6. The lowest BCUT2D eigenvalue weighted by molar-refractivity contribution is -0.182. The summed E-state index contributed by atoms with van der Waals surface area (Å²) in [6.07, 6.45) is 3.24. The van der Waals surface area contributed by atoms with Gasteiger partial charge in [-0.25, -0.2) is 9.97 Å². The Morgan fingerprint density at radius 1 is 1.00 bits per heavy atom. The minimum atomic E-state index is -4.13. The molecule has 3 aromatic rings. The van der Waals surface area contributed by atoms with Crippen molar-refractivity contribution in [3.05, 3.63) is 41.5 Å². The number of aryl methyl sites for hydroxylation is 1. The third kappa shape index (κ3) is 4.60. The van der Waals surface area contributed by atoms with Gasteiger partial charge >= 0.3 is 6.18 Å². The van der Waals surface area contributed by atoms with Crippen molar-refractivity contribution in [3.8, 4) is 0 Å². The van der Waals surface area contributed by atoms with E-state index in [1.807, 2.05) is 29.9 Å². The van der Waals surface area contributed by atoms with Gasteiger partial charge in [0, 0.05) is 35.3 Å². The molecule has 4 heterocycles. The minimum absolute atomic E-state index is 0.0315. The second kappa shape index (κ2) is 8.72. The highest BCUT2D eigenvalue weighted by Crippen LogP contribution is 2.44. The summed E-state index contributed by atoms with van der Waals surface area (Å²) in [6, 6.07) is 4.39. The van der Waals surface area contributed by atoms with E-state index in [1.54, 1.807) is 0 Å². The van der Waals surface area contributed by atoms with Gasteiger partial charge in [-0.15, -0.1) is 0 Å². The van der Waals surface area contributed by atoms with Crippen molar-refractivity contribution in [2.24, 2.45) is 5.92 Å². The SMILES string of the molecule is Cc1ccc2c(C3CCC(C(F)(F)F)CC3)nc(N3CCO[C@@H](c4cnn(C5CC5)c4)C3)nc2n1. The molecule has 186 valence electrons. The molecule has 3 aromatic heterocycles. The molecule has 7 nitrogen and oxygen atoms in total. The lowest BCUT2D eigenvalue weighted by Gasteiger charge is -2.34. The van der Waals surface area contributed by atoms with Crippen LogP contribution >= 0.6 is 0 Å². The van der Waals surface area contributed by atoms with Crippen molar-refractivity contribution in [1.82, 2.24) is 24.7 Å². The molecule has 1 atom stereocenters. The van der Waals surface area contributed by atoms with E-state index in [2.05, 4.69) is 21.2 Å². The van der Waals surface area contributed by atoms with Crippen LogP contribution < -0.4 is 4.90 Å². The molecular formula is C25H29F3N6O. The van der Waals surface area contributed by atoms with Crippen LogP contribution in [-0.4, -0.2) is 50.6 Å². The van der Waals surface area contributed by atoms with Gasteiger partial charge < -0.3 is 9.64 Å². The topological polar surface area (TPSA) is 69.0 Å². The maximum atomic E-state index is 13.2. The number of alkyl halides is 3. The van der Waals surface area contributed by atoms with Crippen LogP contribution in [0.15, 0.2) is 24.5 Å². The van der Waals surface area contributed by atoms with E-state index in [1.165, 1.54) is 12.8 Å². The molecule has 2 aliphatic carbocycles. The fourth-order valence-corrected chi connectivity index (χ4v) is 5.35. The molecule has 0 spiro atoms. The van der Waals surface area contributed by atoms with Gasteiger partial charge in [0.05, 0.1) is 37.0 Å². The Morgan fingerprint density at radius 3 is 2.54 bits per heavy atom. The van der Waals surface area contributed by atoms with E-state index in [0.29, 0.717) is 50.2 Å². The quantitative estimate of drug-likeness (QED) is 0.500. The maximum absolute atomic E-state index is 13.2. The van der Waals surface area contributed by atoms with Gasteiger partial charge in [0.25, 0.3) is 0 Å². The largest absolute Gasteiger partial charge is 0.391 e. The summed E-state index contributed by atoms with van der Waals surface area (Å²) in [4.78, 5) is 16.5. The molecule has 0 radical (unpaired) electrons. The van der Waals surface area contributed by atoms with Crippen molar-refractivity contribution in [2.45, 2.75) is 69.7 Å². The van der Waals surface area contributed by atoms with E-state index in [0.717, 1.165) is 22.3 Å². The molecule has 0 N–H and O–H groups in total. The van der Waals surface area contributed by atoms with Gasteiger partial charge in [-0.1, -0.05) is 0 Å². The number of halogens is 3. The van der Waals surface area contributed by atoms with Gasteiger partial charge in [0.1, 0.15) is 6.10 Å². The maximum Gasteiger partial charge on any atom is 0.391 e. The molecule has 3 fully saturated rings. The molecule has 35 heavy (non-hydrogen) atoms. The standard InChI is InChI=1S/C25H29F3N6O/c1-15-2-9-20-22(16-3-5-18(6-4-16)25(26,27)28)31-24(32-23(20)30-15)33-10-11-35-21(14-33)17-12-29-34(13-17)19-7-8-19/h2,9,12-13,16,18-19,21H,3-8,10-11,14H2,1H3/t16?,18?,21-/m1/s1. The first-order valence-electron chi connectivity index (χ1n) is 12.5.